The van der Waals surface area contributed by atoms with Gasteiger partial charge in [0.15, 0.2) is 5.41 Å². The van der Waals surface area contributed by atoms with Crippen LogP contribution in [-0.2, 0) is 23.9 Å². The highest BCUT2D eigenvalue weighted by Gasteiger charge is 2.51. The number of amides is 1. The third kappa shape index (κ3) is 3.02. The van der Waals surface area contributed by atoms with E-state index < -0.39 is 17.4 Å². The van der Waals surface area contributed by atoms with Crippen LogP contribution in [0.15, 0.2) is 22.8 Å². The van der Waals surface area contributed by atoms with Crippen molar-refractivity contribution in [3.05, 3.63) is 22.8 Å². The summed E-state index contributed by atoms with van der Waals surface area (Å²) in [6.45, 7) is 2.49. The maximum Gasteiger partial charge on any atom is 0.323 e. The molecule has 0 atom stereocenters. The lowest BCUT2D eigenvalue weighted by Crippen LogP contribution is -2.45. The van der Waals surface area contributed by atoms with Gasteiger partial charge in [-0.15, -0.1) is 0 Å². The average molecular weight is 321 g/mol. The van der Waals surface area contributed by atoms with Crippen molar-refractivity contribution in [2.24, 2.45) is 5.41 Å². The van der Waals surface area contributed by atoms with Crippen LogP contribution in [0.1, 0.15) is 39.0 Å². The number of nitrogens with one attached hydrogen (secondary N) is 1. The predicted molar refractivity (Wildman–Crippen MR) is 83.3 cm³/mol. The monoisotopic (exact) mass is 321 g/mol. The van der Waals surface area contributed by atoms with Crippen molar-refractivity contribution in [3.63, 3.8) is 0 Å². The Labute approximate surface area is 135 Å². The number of carbonyl (C=O) groups excluding carboxylic acids is 3. The highest BCUT2D eigenvalue weighted by Crippen LogP contribution is 2.43. The van der Waals surface area contributed by atoms with Crippen LogP contribution in [-0.4, -0.2) is 38.6 Å². The smallest absolute Gasteiger partial charge is 0.323 e. The lowest BCUT2D eigenvalue weighted by molar-refractivity contribution is -0.169. The molecule has 1 N–H and O–H groups in total. The van der Waals surface area contributed by atoms with E-state index in [0.29, 0.717) is 18.5 Å². The zero-order chi connectivity index (χ0) is 17.0. The van der Waals surface area contributed by atoms with Crippen LogP contribution < -0.4 is 5.32 Å². The van der Waals surface area contributed by atoms with Gasteiger partial charge in [-0.1, -0.05) is 19.4 Å². The minimum absolute atomic E-state index is 0.115. The molecule has 1 aliphatic carbocycles. The van der Waals surface area contributed by atoms with E-state index in [9.17, 15) is 14.4 Å². The van der Waals surface area contributed by atoms with E-state index in [1.165, 1.54) is 14.2 Å². The maximum absolute atomic E-state index is 12.3. The maximum atomic E-state index is 12.3. The second-order valence-corrected chi connectivity index (χ2v) is 5.92. The molecule has 126 valence electrons. The van der Waals surface area contributed by atoms with E-state index in [-0.39, 0.29) is 18.7 Å². The van der Waals surface area contributed by atoms with Gasteiger partial charge in [-0.3, -0.25) is 14.4 Å². The van der Waals surface area contributed by atoms with E-state index in [0.717, 1.165) is 24.0 Å². The Morgan fingerprint density at radius 2 is 1.91 bits per heavy atom. The number of allylic oxidation sites excluding steroid dienone is 1. The van der Waals surface area contributed by atoms with Gasteiger partial charge in [0, 0.05) is 18.5 Å². The molecule has 6 heteroatoms. The van der Waals surface area contributed by atoms with Crippen molar-refractivity contribution in [1.29, 1.82) is 0 Å². The van der Waals surface area contributed by atoms with Crippen LogP contribution in [0.3, 0.4) is 0 Å². The minimum atomic E-state index is -1.39. The molecule has 1 amide bonds. The minimum Gasteiger partial charge on any atom is -0.468 e. The number of hydrogen-bond acceptors (Lipinski definition) is 5. The summed E-state index contributed by atoms with van der Waals surface area (Å²) in [5, 5.41) is 2.86. The van der Waals surface area contributed by atoms with Gasteiger partial charge in [0.1, 0.15) is 0 Å². The molecule has 0 bridgehead atoms. The molecule has 2 rings (SSSR count). The molecule has 0 unspecified atom stereocenters. The Hall–Kier alpha value is -2.11. The lowest BCUT2D eigenvalue weighted by Gasteiger charge is -2.35. The number of esters is 2. The molecule has 1 aliphatic heterocycles. The first-order valence-corrected chi connectivity index (χ1v) is 7.86. The lowest BCUT2D eigenvalue weighted by atomic mass is 9.70. The van der Waals surface area contributed by atoms with Crippen molar-refractivity contribution in [2.45, 2.75) is 39.0 Å². The van der Waals surface area contributed by atoms with Gasteiger partial charge in [0.05, 0.1) is 14.2 Å². The Morgan fingerprint density at radius 3 is 2.48 bits per heavy atom. The van der Waals surface area contributed by atoms with Crippen molar-refractivity contribution < 1.29 is 23.9 Å². The summed E-state index contributed by atoms with van der Waals surface area (Å²) < 4.78 is 9.69. The van der Waals surface area contributed by atoms with Gasteiger partial charge >= 0.3 is 11.9 Å². The van der Waals surface area contributed by atoms with E-state index >= 15 is 0 Å². The number of fused-ring (bicyclic) bond motifs is 1. The molecule has 0 saturated carbocycles. The first-order valence-electron chi connectivity index (χ1n) is 7.86. The van der Waals surface area contributed by atoms with Crippen LogP contribution in [0.4, 0.5) is 0 Å². The third-order valence-corrected chi connectivity index (χ3v) is 4.57. The number of carbonyl (C=O) groups is 3. The van der Waals surface area contributed by atoms with E-state index in [1.54, 1.807) is 0 Å². The van der Waals surface area contributed by atoms with Gasteiger partial charge in [-0.25, -0.2) is 0 Å². The molecule has 0 aromatic carbocycles. The van der Waals surface area contributed by atoms with Crippen LogP contribution in [0.25, 0.3) is 0 Å². The molecule has 0 aromatic rings. The fourth-order valence-corrected chi connectivity index (χ4v) is 3.21. The number of unbranched alkanes of at least 4 members (excludes halogenated alkanes) is 1. The fraction of sp³-hybridized carbons (Fsp3) is 0.588. The fourth-order valence-electron chi connectivity index (χ4n) is 3.21. The standard InChI is InChI=1S/C17H23NO5/c1-4-5-6-12-13-9-17(15(20)22-2,16(21)23-3)8-7-11(13)10-18-14(12)19/h7H,4-6,8-10H2,1-3H3,(H,18,19). The first kappa shape index (κ1) is 17.2. The largest absolute Gasteiger partial charge is 0.468 e. The Balaban J connectivity index is 2.49. The average Bonchev–Trinajstić information content (AvgIpc) is 2.58. The zero-order valence-electron chi connectivity index (χ0n) is 13.9. The van der Waals surface area contributed by atoms with E-state index in [1.807, 2.05) is 6.08 Å². The van der Waals surface area contributed by atoms with Gasteiger partial charge in [0.2, 0.25) is 5.91 Å². The molecule has 0 radical (unpaired) electrons. The van der Waals surface area contributed by atoms with Crippen molar-refractivity contribution in [1.82, 2.24) is 5.32 Å². The molecule has 0 fully saturated rings. The van der Waals surface area contributed by atoms with Crippen LogP contribution in [0, 0.1) is 5.41 Å². The molecule has 2 aliphatic rings. The Kier molecular flexibility index (Phi) is 5.23. The van der Waals surface area contributed by atoms with Crippen molar-refractivity contribution in [3.8, 4) is 0 Å². The molecule has 0 spiro atoms. The van der Waals surface area contributed by atoms with Crippen molar-refractivity contribution in [2.75, 3.05) is 20.8 Å². The summed E-state index contributed by atoms with van der Waals surface area (Å²) >= 11 is 0. The summed E-state index contributed by atoms with van der Waals surface area (Å²) in [4.78, 5) is 36.8. The number of rotatable bonds is 5. The van der Waals surface area contributed by atoms with Gasteiger partial charge < -0.3 is 14.8 Å². The van der Waals surface area contributed by atoms with Gasteiger partial charge in [-0.05, 0) is 30.4 Å². The normalized spacial score (nSPS) is 19.4. The summed E-state index contributed by atoms with van der Waals surface area (Å²) in [6.07, 6.45) is 4.70. The first-order chi connectivity index (χ1) is 11.0. The van der Waals surface area contributed by atoms with Crippen LogP contribution >= 0.6 is 0 Å². The van der Waals surface area contributed by atoms with Gasteiger partial charge in [0.25, 0.3) is 0 Å². The molecular formula is C17H23NO5. The molecule has 1 heterocycles. The zero-order valence-corrected chi connectivity index (χ0v) is 13.9. The molecule has 0 saturated heterocycles. The second-order valence-electron chi connectivity index (χ2n) is 5.92. The summed E-state index contributed by atoms with van der Waals surface area (Å²) in [5.41, 5.74) is 1.06. The summed E-state index contributed by atoms with van der Waals surface area (Å²) in [6, 6.07) is 0. The van der Waals surface area contributed by atoms with Crippen molar-refractivity contribution >= 4 is 17.8 Å². The van der Waals surface area contributed by atoms with E-state index in [2.05, 4.69) is 12.2 Å². The number of methoxy groups -OCH3 is 2. The van der Waals surface area contributed by atoms with Crippen LogP contribution in [0.2, 0.25) is 0 Å². The van der Waals surface area contributed by atoms with Gasteiger partial charge in [-0.2, -0.15) is 0 Å². The quantitative estimate of drug-likeness (QED) is 0.615. The Bertz CT molecular complexity index is 572. The predicted octanol–water partition coefficient (Wildman–Crippen LogP) is 1.66. The summed E-state index contributed by atoms with van der Waals surface area (Å²) in [5.74, 6) is -1.35. The molecule has 0 aromatic heterocycles. The topological polar surface area (TPSA) is 81.7 Å². The molecule has 23 heavy (non-hydrogen) atoms. The number of hydrogen-bond donors (Lipinski definition) is 1. The highest BCUT2D eigenvalue weighted by atomic mass is 16.5. The Morgan fingerprint density at radius 1 is 1.26 bits per heavy atom. The van der Waals surface area contributed by atoms with E-state index in [4.69, 9.17) is 9.47 Å². The second kappa shape index (κ2) is 6.98. The number of ether oxygens (including phenoxy) is 2. The summed E-state index contributed by atoms with van der Waals surface area (Å²) in [7, 11) is 2.51. The third-order valence-electron chi connectivity index (χ3n) is 4.57. The highest BCUT2D eigenvalue weighted by molar-refractivity contribution is 6.02. The molecule has 6 nitrogen and oxygen atoms in total. The van der Waals surface area contributed by atoms with Crippen LogP contribution in [0.5, 0.6) is 0 Å². The SMILES string of the molecule is CCCCC1=C2CC(C(=O)OC)(C(=O)OC)CC=C2CNC1=O. The molecular weight excluding hydrogens is 298 g/mol.